The van der Waals surface area contributed by atoms with Crippen molar-refractivity contribution in [2.75, 3.05) is 11.1 Å². The molecule has 0 bridgehead atoms. The number of carbonyl (C=O) groups is 1. The zero-order valence-corrected chi connectivity index (χ0v) is 19.0. The lowest BCUT2D eigenvalue weighted by Crippen LogP contribution is -2.22. The molecule has 1 amide bonds. The van der Waals surface area contributed by atoms with Crippen molar-refractivity contribution in [3.8, 4) is 5.69 Å². The van der Waals surface area contributed by atoms with Crippen LogP contribution in [0.4, 0.5) is 10.1 Å². The highest BCUT2D eigenvalue weighted by Gasteiger charge is 2.17. The van der Waals surface area contributed by atoms with Crippen LogP contribution in [0.15, 0.2) is 57.8 Å². The van der Waals surface area contributed by atoms with Crippen molar-refractivity contribution < 1.29 is 9.18 Å². The van der Waals surface area contributed by atoms with Crippen molar-refractivity contribution in [3.05, 3.63) is 80.2 Å². The molecule has 9 heteroatoms. The van der Waals surface area contributed by atoms with Crippen LogP contribution in [0.3, 0.4) is 0 Å². The molecule has 2 aromatic heterocycles. The average molecular weight is 474 g/mol. The van der Waals surface area contributed by atoms with Crippen molar-refractivity contribution in [1.82, 2.24) is 9.55 Å². The lowest BCUT2D eigenvalue weighted by molar-refractivity contribution is -0.113. The number of carbonyl (C=O) groups excluding carboxylic acids is 1. The molecule has 0 saturated heterocycles. The van der Waals surface area contributed by atoms with Gasteiger partial charge in [0.15, 0.2) is 5.16 Å². The van der Waals surface area contributed by atoms with Crippen molar-refractivity contribution in [3.63, 3.8) is 0 Å². The molecule has 5 nitrogen and oxygen atoms in total. The number of aryl methyl sites for hydroxylation is 2. The fraction of sp³-hybridized carbons (Fsp3) is 0.136. The van der Waals surface area contributed by atoms with Gasteiger partial charge < -0.3 is 5.32 Å². The molecule has 0 unspecified atom stereocenters. The maximum atomic E-state index is 13.5. The summed E-state index contributed by atoms with van der Waals surface area (Å²) in [5.41, 5.74) is 3.33. The number of hydrogen-bond donors (Lipinski definition) is 1. The number of benzene rings is 2. The summed E-state index contributed by atoms with van der Waals surface area (Å²) >= 11 is 8.49. The van der Waals surface area contributed by atoms with E-state index in [1.54, 1.807) is 6.07 Å². The van der Waals surface area contributed by atoms with Gasteiger partial charge in [-0.3, -0.25) is 14.2 Å². The minimum absolute atomic E-state index is 0.0281. The number of nitrogens with one attached hydrogen (secondary N) is 1. The number of amides is 1. The summed E-state index contributed by atoms with van der Waals surface area (Å²) in [5, 5.41) is 5.06. The Morgan fingerprint density at radius 2 is 1.94 bits per heavy atom. The van der Waals surface area contributed by atoms with Gasteiger partial charge >= 0.3 is 0 Å². The van der Waals surface area contributed by atoms with E-state index in [0.29, 0.717) is 21.1 Å². The van der Waals surface area contributed by atoms with E-state index in [0.717, 1.165) is 29.0 Å². The number of thioether (sulfide) groups is 1. The largest absolute Gasteiger partial charge is 0.324 e. The normalized spacial score (nSPS) is 11.1. The minimum atomic E-state index is -0.499. The van der Waals surface area contributed by atoms with Crippen molar-refractivity contribution in [1.29, 1.82) is 0 Å². The van der Waals surface area contributed by atoms with E-state index in [9.17, 15) is 14.0 Å². The number of thiophene rings is 1. The molecule has 0 atom stereocenters. The number of nitrogens with zero attached hydrogens (tertiary/aromatic N) is 2. The number of halogens is 2. The van der Waals surface area contributed by atoms with Crippen LogP contribution in [-0.2, 0) is 4.79 Å². The molecule has 0 aliphatic rings. The third-order valence-electron chi connectivity index (χ3n) is 4.45. The van der Waals surface area contributed by atoms with Crippen LogP contribution >= 0.6 is 34.7 Å². The van der Waals surface area contributed by atoms with Gasteiger partial charge in [-0.1, -0.05) is 29.4 Å². The summed E-state index contributed by atoms with van der Waals surface area (Å²) in [5.74, 6) is -0.913. The molecule has 4 aromatic rings. The molecule has 4 rings (SSSR count). The van der Waals surface area contributed by atoms with Crippen LogP contribution in [0.2, 0.25) is 5.02 Å². The summed E-state index contributed by atoms with van der Waals surface area (Å²) in [6.07, 6.45) is 0. The molecular weight excluding hydrogens is 457 g/mol. The van der Waals surface area contributed by atoms with Gasteiger partial charge in [0.2, 0.25) is 5.91 Å². The summed E-state index contributed by atoms with van der Waals surface area (Å²) in [4.78, 5) is 30.3. The Labute approximate surface area is 190 Å². The molecule has 31 heavy (non-hydrogen) atoms. The quantitative estimate of drug-likeness (QED) is 0.303. The highest BCUT2D eigenvalue weighted by Crippen LogP contribution is 2.26. The highest BCUT2D eigenvalue weighted by molar-refractivity contribution is 7.99. The Morgan fingerprint density at radius 1 is 1.19 bits per heavy atom. The Balaban J connectivity index is 1.67. The molecule has 0 radical (unpaired) electrons. The van der Waals surface area contributed by atoms with E-state index in [4.69, 9.17) is 11.6 Å². The maximum Gasteiger partial charge on any atom is 0.276 e. The smallest absolute Gasteiger partial charge is 0.276 e. The predicted molar refractivity (Wildman–Crippen MR) is 125 cm³/mol. The second-order valence-corrected chi connectivity index (χ2v) is 9.24. The second-order valence-electron chi connectivity index (χ2n) is 6.98. The first-order valence-corrected chi connectivity index (χ1v) is 11.5. The lowest BCUT2D eigenvalue weighted by atomic mass is 10.1. The van der Waals surface area contributed by atoms with Gasteiger partial charge in [-0.05, 0) is 66.8 Å². The van der Waals surface area contributed by atoms with Gasteiger partial charge in [-0.15, -0.1) is 11.3 Å². The first kappa shape index (κ1) is 21.5. The van der Waals surface area contributed by atoms with Crippen molar-refractivity contribution in [2.24, 2.45) is 0 Å². The fourth-order valence-electron chi connectivity index (χ4n) is 3.21. The van der Waals surface area contributed by atoms with E-state index >= 15 is 0 Å². The third kappa shape index (κ3) is 4.66. The molecule has 2 aromatic carbocycles. The van der Waals surface area contributed by atoms with E-state index < -0.39 is 5.82 Å². The van der Waals surface area contributed by atoms with Gasteiger partial charge in [-0.25, -0.2) is 9.37 Å². The van der Waals surface area contributed by atoms with E-state index in [-0.39, 0.29) is 27.9 Å². The van der Waals surface area contributed by atoms with Crippen molar-refractivity contribution in [2.45, 2.75) is 19.0 Å². The highest BCUT2D eigenvalue weighted by atomic mass is 35.5. The Morgan fingerprint density at radius 3 is 2.68 bits per heavy atom. The topological polar surface area (TPSA) is 64.0 Å². The Hall–Kier alpha value is -2.68. The third-order valence-corrected chi connectivity index (χ3v) is 6.61. The zero-order chi connectivity index (χ0) is 22.1. The summed E-state index contributed by atoms with van der Waals surface area (Å²) in [6.45, 7) is 3.92. The summed E-state index contributed by atoms with van der Waals surface area (Å²) < 4.78 is 15.5. The molecular formula is C22H17ClFN3O2S2. The van der Waals surface area contributed by atoms with Crippen LogP contribution in [-0.4, -0.2) is 21.2 Å². The monoisotopic (exact) mass is 473 g/mol. The van der Waals surface area contributed by atoms with Gasteiger partial charge in [0, 0.05) is 0 Å². The number of fused-ring (bicyclic) bond motifs is 1. The molecule has 0 spiro atoms. The van der Waals surface area contributed by atoms with Gasteiger partial charge in [-0.2, -0.15) is 0 Å². The summed E-state index contributed by atoms with van der Waals surface area (Å²) in [6, 6.07) is 11.4. The standard InChI is InChI=1S/C22H17ClFN3O2S2/c1-12-7-13(2)9-15(8-12)27-21(29)20-17(5-6-30-20)26-22(27)31-11-19(28)25-18-10-14(24)3-4-16(18)23/h3-10H,11H2,1-2H3,(H,25,28). The zero-order valence-electron chi connectivity index (χ0n) is 16.6. The first-order valence-electron chi connectivity index (χ1n) is 9.28. The molecule has 1 N–H and O–H groups in total. The SMILES string of the molecule is Cc1cc(C)cc(-n2c(SCC(=O)Nc3cc(F)ccc3Cl)nc3ccsc3c2=O)c1. The van der Waals surface area contributed by atoms with Crippen LogP contribution in [0, 0.1) is 19.7 Å². The number of anilines is 1. The van der Waals surface area contributed by atoms with Gasteiger partial charge in [0.25, 0.3) is 5.56 Å². The first-order chi connectivity index (χ1) is 14.8. The maximum absolute atomic E-state index is 13.5. The number of hydrogen-bond acceptors (Lipinski definition) is 5. The summed E-state index contributed by atoms with van der Waals surface area (Å²) in [7, 11) is 0. The Kier molecular flexibility index (Phi) is 6.13. The molecule has 2 heterocycles. The van der Waals surface area contributed by atoms with Gasteiger partial charge in [0.05, 0.1) is 27.7 Å². The van der Waals surface area contributed by atoms with Crippen LogP contribution in [0.5, 0.6) is 0 Å². The van der Waals surface area contributed by atoms with Crippen LogP contribution < -0.4 is 10.9 Å². The predicted octanol–water partition coefficient (Wildman–Crippen LogP) is 5.59. The molecule has 0 aliphatic heterocycles. The van der Waals surface area contributed by atoms with E-state index in [1.165, 1.54) is 28.0 Å². The average Bonchev–Trinajstić information content (AvgIpc) is 3.17. The molecule has 0 saturated carbocycles. The van der Waals surface area contributed by atoms with Gasteiger partial charge in [0.1, 0.15) is 10.5 Å². The fourth-order valence-corrected chi connectivity index (χ4v) is 4.94. The molecule has 0 aliphatic carbocycles. The van der Waals surface area contributed by atoms with E-state index in [1.807, 2.05) is 37.4 Å². The number of aromatic nitrogens is 2. The van der Waals surface area contributed by atoms with Crippen LogP contribution in [0.1, 0.15) is 11.1 Å². The lowest BCUT2D eigenvalue weighted by Gasteiger charge is -2.13. The minimum Gasteiger partial charge on any atom is -0.324 e. The molecule has 158 valence electrons. The molecule has 0 fully saturated rings. The number of rotatable bonds is 5. The van der Waals surface area contributed by atoms with Crippen LogP contribution in [0.25, 0.3) is 15.9 Å². The van der Waals surface area contributed by atoms with Crippen molar-refractivity contribution >= 4 is 56.5 Å². The van der Waals surface area contributed by atoms with E-state index in [2.05, 4.69) is 10.3 Å². The Bertz CT molecular complexity index is 1350. The second kappa shape index (κ2) is 8.82.